The fraction of sp³-hybridized carbons (Fsp3) is 0.455. The molecule has 0 unspecified atom stereocenters. The van der Waals surface area contributed by atoms with Crippen molar-refractivity contribution in [3.05, 3.63) is 18.2 Å². The Morgan fingerprint density at radius 2 is 1.93 bits per heavy atom. The summed E-state index contributed by atoms with van der Waals surface area (Å²) < 4.78 is 17.5. The third-order valence-electron chi connectivity index (χ3n) is 1.95. The van der Waals surface area contributed by atoms with Gasteiger partial charge in [-0.1, -0.05) is 0 Å². The maximum atomic E-state index is 11.9. The lowest BCUT2D eigenvalue weighted by Crippen LogP contribution is -2.12. The molecule has 0 amide bonds. The number of anilines is 1. The number of hydrogen-bond acceptors (Lipinski definition) is 3. The molecule has 0 saturated carbocycles. The van der Waals surface area contributed by atoms with Gasteiger partial charge in [0.05, 0.1) is 6.10 Å². The van der Waals surface area contributed by atoms with Crippen LogP contribution >= 0.6 is 7.14 Å². The number of ether oxygens (including phenoxy) is 1. The molecular weight excluding hydrogens is 209 g/mol. The Bertz CT molecular complexity index is 396. The summed E-state index contributed by atoms with van der Waals surface area (Å²) in [7, 11) is -2.33. The molecule has 0 heterocycles. The van der Waals surface area contributed by atoms with Crippen LogP contribution in [-0.4, -0.2) is 19.4 Å². The Hall–Kier alpha value is -0.950. The molecule has 0 atom stereocenters. The lowest BCUT2D eigenvalue weighted by atomic mass is 10.3. The van der Waals surface area contributed by atoms with Gasteiger partial charge in [0.2, 0.25) is 0 Å². The minimum atomic E-state index is -2.33. The van der Waals surface area contributed by atoms with Crippen LogP contribution in [0.2, 0.25) is 0 Å². The van der Waals surface area contributed by atoms with Crippen LogP contribution < -0.4 is 15.8 Å². The molecule has 4 heteroatoms. The van der Waals surface area contributed by atoms with Gasteiger partial charge in [-0.15, -0.1) is 0 Å². The van der Waals surface area contributed by atoms with Gasteiger partial charge in [0, 0.05) is 11.0 Å². The highest BCUT2D eigenvalue weighted by atomic mass is 31.2. The van der Waals surface area contributed by atoms with Gasteiger partial charge >= 0.3 is 0 Å². The van der Waals surface area contributed by atoms with Crippen LogP contribution in [-0.2, 0) is 4.57 Å². The molecule has 1 aromatic rings. The smallest absolute Gasteiger partial charge is 0.120 e. The van der Waals surface area contributed by atoms with Gasteiger partial charge in [-0.05, 0) is 45.4 Å². The second kappa shape index (κ2) is 4.28. The maximum absolute atomic E-state index is 11.9. The third-order valence-corrected chi connectivity index (χ3v) is 3.50. The van der Waals surface area contributed by atoms with Gasteiger partial charge in [0.25, 0.3) is 0 Å². The highest BCUT2D eigenvalue weighted by molar-refractivity contribution is 7.70. The molecule has 0 radical (unpaired) electrons. The fourth-order valence-electron chi connectivity index (χ4n) is 1.34. The summed E-state index contributed by atoms with van der Waals surface area (Å²) in [6, 6.07) is 5.32. The van der Waals surface area contributed by atoms with Gasteiger partial charge in [-0.25, -0.2) is 0 Å². The lowest BCUT2D eigenvalue weighted by molar-refractivity contribution is 0.242. The second-order valence-electron chi connectivity index (χ2n) is 4.24. The summed E-state index contributed by atoms with van der Waals surface area (Å²) in [6.07, 6.45) is 0.106. The Morgan fingerprint density at radius 1 is 1.33 bits per heavy atom. The number of rotatable bonds is 3. The zero-order chi connectivity index (χ0) is 11.6. The quantitative estimate of drug-likeness (QED) is 0.636. The first-order chi connectivity index (χ1) is 6.80. The Morgan fingerprint density at radius 3 is 2.40 bits per heavy atom. The van der Waals surface area contributed by atoms with Gasteiger partial charge in [0.15, 0.2) is 0 Å². The highest BCUT2D eigenvalue weighted by Gasteiger charge is 2.15. The summed E-state index contributed by atoms with van der Waals surface area (Å²) in [5.74, 6) is 0.720. The van der Waals surface area contributed by atoms with Crippen molar-refractivity contribution in [1.29, 1.82) is 0 Å². The molecule has 2 N–H and O–H groups in total. The van der Waals surface area contributed by atoms with E-state index in [9.17, 15) is 4.57 Å². The third kappa shape index (κ3) is 3.28. The topological polar surface area (TPSA) is 52.3 Å². The molecule has 0 spiro atoms. The van der Waals surface area contributed by atoms with E-state index in [1.54, 1.807) is 31.5 Å². The van der Waals surface area contributed by atoms with Gasteiger partial charge < -0.3 is 15.0 Å². The number of nitrogens with two attached hydrogens (primary N) is 1. The monoisotopic (exact) mass is 227 g/mol. The molecule has 1 aromatic carbocycles. The van der Waals surface area contributed by atoms with Crippen molar-refractivity contribution < 1.29 is 9.30 Å². The Labute approximate surface area is 91.0 Å². The molecule has 15 heavy (non-hydrogen) atoms. The molecule has 0 saturated heterocycles. The minimum absolute atomic E-state index is 0.106. The zero-order valence-electron chi connectivity index (χ0n) is 9.65. The van der Waals surface area contributed by atoms with E-state index in [4.69, 9.17) is 10.5 Å². The predicted molar refractivity (Wildman–Crippen MR) is 65.7 cm³/mol. The maximum Gasteiger partial charge on any atom is 0.120 e. The molecule has 0 aliphatic rings. The van der Waals surface area contributed by atoms with Gasteiger partial charge in [-0.3, -0.25) is 0 Å². The van der Waals surface area contributed by atoms with Gasteiger partial charge in [-0.2, -0.15) is 0 Å². The van der Waals surface area contributed by atoms with E-state index in [0.29, 0.717) is 11.0 Å². The minimum Gasteiger partial charge on any atom is -0.491 e. The van der Waals surface area contributed by atoms with Crippen LogP contribution in [0.4, 0.5) is 5.69 Å². The zero-order valence-corrected chi connectivity index (χ0v) is 10.5. The van der Waals surface area contributed by atoms with Crippen molar-refractivity contribution in [3.63, 3.8) is 0 Å². The van der Waals surface area contributed by atoms with Crippen LogP contribution in [0.15, 0.2) is 18.2 Å². The molecule has 84 valence electrons. The number of nitrogen functional groups attached to an aromatic ring is 1. The number of hydrogen-bond donors (Lipinski definition) is 1. The normalized spacial score (nSPS) is 11.8. The largest absolute Gasteiger partial charge is 0.491 e. The van der Waals surface area contributed by atoms with Crippen LogP contribution in [0, 0.1) is 0 Å². The van der Waals surface area contributed by atoms with Crippen molar-refractivity contribution in [1.82, 2.24) is 0 Å². The summed E-state index contributed by atoms with van der Waals surface area (Å²) in [5.41, 5.74) is 6.35. The standard InChI is InChI=1S/C11H18NO2P/c1-8(2)14-9-5-6-10(12)11(7-9)15(3,4)13/h5-8H,12H2,1-4H3. The second-order valence-corrected chi connectivity index (χ2v) is 7.42. The van der Waals surface area contributed by atoms with E-state index >= 15 is 0 Å². The van der Waals surface area contributed by atoms with Crippen LogP contribution in [0.3, 0.4) is 0 Å². The van der Waals surface area contributed by atoms with E-state index in [1.807, 2.05) is 13.8 Å². The molecule has 1 rings (SSSR count). The molecule has 3 nitrogen and oxygen atoms in total. The van der Waals surface area contributed by atoms with E-state index in [1.165, 1.54) is 0 Å². The van der Waals surface area contributed by atoms with Crippen LogP contribution in [0.5, 0.6) is 5.75 Å². The Kier molecular flexibility index (Phi) is 3.46. The first-order valence-corrected chi connectivity index (χ1v) is 7.52. The molecule has 0 aliphatic heterocycles. The summed E-state index contributed by atoms with van der Waals surface area (Å²) in [6.45, 7) is 7.32. The number of benzene rings is 1. The average Bonchev–Trinajstić information content (AvgIpc) is 2.05. The molecule has 0 fully saturated rings. The van der Waals surface area contributed by atoms with Crippen molar-refractivity contribution in [3.8, 4) is 5.75 Å². The van der Waals surface area contributed by atoms with Crippen LogP contribution in [0.1, 0.15) is 13.8 Å². The van der Waals surface area contributed by atoms with Gasteiger partial charge in [0.1, 0.15) is 12.9 Å². The van der Waals surface area contributed by atoms with Crippen molar-refractivity contribution in [2.75, 3.05) is 19.1 Å². The first kappa shape index (κ1) is 12.1. The fourth-order valence-corrected chi connectivity index (χ4v) is 2.47. The lowest BCUT2D eigenvalue weighted by Gasteiger charge is -2.14. The summed E-state index contributed by atoms with van der Waals surface area (Å²) in [4.78, 5) is 0. The molecular formula is C11H18NO2P. The SMILES string of the molecule is CC(C)Oc1ccc(N)c(P(C)(C)=O)c1. The average molecular weight is 227 g/mol. The van der Waals surface area contributed by atoms with Crippen molar-refractivity contribution >= 4 is 18.1 Å². The summed E-state index contributed by atoms with van der Waals surface area (Å²) >= 11 is 0. The molecule has 0 aromatic heterocycles. The van der Waals surface area contributed by atoms with E-state index in [-0.39, 0.29) is 6.10 Å². The van der Waals surface area contributed by atoms with Crippen molar-refractivity contribution in [2.45, 2.75) is 20.0 Å². The first-order valence-electron chi connectivity index (χ1n) is 4.92. The summed E-state index contributed by atoms with van der Waals surface area (Å²) in [5, 5.41) is 0.695. The van der Waals surface area contributed by atoms with E-state index in [2.05, 4.69) is 0 Å². The van der Waals surface area contributed by atoms with E-state index in [0.717, 1.165) is 5.75 Å². The molecule has 0 aliphatic carbocycles. The van der Waals surface area contributed by atoms with Crippen LogP contribution in [0.25, 0.3) is 0 Å². The Balaban J connectivity index is 3.12. The predicted octanol–water partition coefficient (Wildman–Crippen LogP) is 2.30. The van der Waals surface area contributed by atoms with Crippen molar-refractivity contribution in [2.24, 2.45) is 0 Å². The highest BCUT2D eigenvalue weighted by Crippen LogP contribution is 2.38. The van der Waals surface area contributed by atoms with E-state index < -0.39 is 7.14 Å². The molecule has 0 bridgehead atoms.